The van der Waals surface area contributed by atoms with Gasteiger partial charge < -0.3 is 14.3 Å². The molecule has 0 N–H and O–H groups in total. The molecule has 0 unspecified atom stereocenters. The van der Waals surface area contributed by atoms with Crippen molar-refractivity contribution in [1.82, 2.24) is 10.1 Å². The number of fused-ring (bicyclic) bond motifs is 1. The fraction of sp³-hybridized carbons (Fsp3) is 0.438. The first kappa shape index (κ1) is 14.6. The minimum atomic E-state index is 0.0698. The summed E-state index contributed by atoms with van der Waals surface area (Å²) in [6, 6.07) is 7.97. The summed E-state index contributed by atoms with van der Waals surface area (Å²) >= 11 is 0. The molecule has 0 saturated heterocycles. The van der Waals surface area contributed by atoms with Gasteiger partial charge in [-0.05, 0) is 18.6 Å². The Bertz CT molecular complexity index is 668. The van der Waals surface area contributed by atoms with Crippen molar-refractivity contribution < 1.29 is 9.32 Å². The smallest absolute Gasteiger partial charge is 0.246 e. The zero-order chi connectivity index (χ0) is 15.5. The van der Waals surface area contributed by atoms with E-state index in [9.17, 15) is 4.79 Å². The van der Waals surface area contributed by atoms with Crippen molar-refractivity contribution in [3.8, 4) is 0 Å². The summed E-state index contributed by atoms with van der Waals surface area (Å²) < 4.78 is 5.31. The van der Waals surface area contributed by atoms with Gasteiger partial charge in [0.1, 0.15) is 0 Å². The maximum atomic E-state index is 11.9. The molecule has 0 radical (unpaired) electrons. The van der Waals surface area contributed by atoms with Gasteiger partial charge in [-0.2, -0.15) is 4.98 Å². The Morgan fingerprint density at radius 1 is 1.27 bits per heavy atom. The second-order valence-corrected chi connectivity index (χ2v) is 5.39. The van der Waals surface area contributed by atoms with Crippen LogP contribution in [0.25, 0.3) is 0 Å². The maximum Gasteiger partial charge on any atom is 0.246 e. The number of aryl methyl sites for hydroxylation is 1. The zero-order valence-corrected chi connectivity index (χ0v) is 13.0. The number of hydrogen-bond donors (Lipinski definition) is 0. The third kappa shape index (κ3) is 2.81. The largest absolute Gasteiger partial charge is 0.360 e. The molecule has 22 heavy (non-hydrogen) atoms. The molecule has 3 rings (SSSR count). The number of amides is 1. The molecule has 1 aromatic heterocycles. The van der Waals surface area contributed by atoms with Gasteiger partial charge in [0.25, 0.3) is 0 Å². The molecular weight excluding hydrogens is 280 g/mol. The number of hydrogen-bond acceptors (Lipinski definition) is 5. The van der Waals surface area contributed by atoms with Crippen LogP contribution in [0.15, 0.2) is 28.8 Å². The first-order valence-electron chi connectivity index (χ1n) is 7.62. The van der Waals surface area contributed by atoms with Crippen molar-refractivity contribution >= 4 is 17.3 Å². The van der Waals surface area contributed by atoms with Gasteiger partial charge in [-0.3, -0.25) is 4.79 Å². The lowest BCUT2D eigenvalue weighted by molar-refractivity contribution is -0.116. The predicted molar refractivity (Wildman–Crippen MR) is 83.8 cm³/mol. The molecular formula is C16H20N4O2. The van der Waals surface area contributed by atoms with Gasteiger partial charge in [0.2, 0.25) is 11.8 Å². The highest BCUT2D eigenvalue weighted by molar-refractivity contribution is 5.95. The van der Waals surface area contributed by atoms with Crippen molar-refractivity contribution in [2.45, 2.75) is 33.2 Å². The van der Waals surface area contributed by atoms with E-state index in [2.05, 4.69) is 15.0 Å². The summed E-state index contributed by atoms with van der Waals surface area (Å²) in [4.78, 5) is 20.3. The lowest BCUT2D eigenvalue weighted by Gasteiger charge is -2.25. The SMILES string of the molecule is CCc1noc(CN2CCCN(C(C)=O)c3ccccc32)n1. The van der Waals surface area contributed by atoms with Gasteiger partial charge >= 0.3 is 0 Å². The zero-order valence-electron chi connectivity index (χ0n) is 13.0. The minimum absolute atomic E-state index is 0.0698. The molecule has 1 aliphatic heterocycles. The highest BCUT2D eigenvalue weighted by Crippen LogP contribution is 2.33. The van der Waals surface area contributed by atoms with Crippen LogP contribution >= 0.6 is 0 Å². The van der Waals surface area contributed by atoms with Crippen LogP contribution in [-0.4, -0.2) is 29.1 Å². The minimum Gasteiger partial charge on any atom is -0.360 e. The van der Waals surface area contributed by atoms with Gasteiger partial charge in [0.05, 0.1) is 17.9 Å². The van der Waals surface area contributed by atoms with Crippen LogP contribution in [0, 0.1) is 0 Å². The van der Waals surface area contributed by atoms with Crippen molar-refractivity contribution in [2.75, 3.05) is 22.9 Å². The highest BCUT2D eigenvalue weighted by atomic mass is 16.5. The van der Waals surface area contributed by atoms with Crippen molar-refractivity contribution in [2.24, 2.45) is 0 Å². The molecule has 0 aliphatic carbocycles. The van der Waals surface area contributed by atoms with Crippen molar-refractivity contribution in [3.63, 3.8) is 0 Å². The Hall–Kier alpha value is -2.37. The van der Waals surface area contributed by atoms with Crippen LogP contribution in [0.1, 0.15) is 32.0 Å². The van der Waals surface area contributed by atoms with Crippen LogP contribution in [0.5, 0.6) is 0 Å². The van der Waals surface area contributed by atoms with Gasteiger partial charge in [-0.1, -0.05) is 24.2 Å². The van der Waals surface area contributed by atoms with E-state index in [0.717, 1.165) is 43.1 Å². The molecule has 2 heterocycles. The van der Waals surface area contributed by atoms with E-state index in [1.54, 1.807) is 6.92 Å². The second-order valence-electron chi connectivity index (χ2n) is 5.39. The van der Waals surface area contributed by atoms with Crippen LogP contribution in [0.4, 0.5) is 11.4 Å². The molecule has 116 valence electrons. The van der Waals surface area contributed by atoms with E-state index in [1.807, 2.05) is 36.1 Å². The Labute approximate surface area is 129 Å². The summed E-state index contributed by atoms with van der Waals surface area (Å²) in [5.41, 5.74) is 1.98. The molecule has 0 atom stereocenters. The molecule has 0 fully saturated rings. The number of aromatic nitrogens is 2. The number of carbonyl (C=O) groups excluding carboxylic acids is 1. The molecule has 2 aromatic rings. The van der Waals surface area contributed by atoms with E-state index in [-0.39, 0.29) is 5.91 Å². The number of para-hydroxylation sites is 2. The summed E-state index contributed by atoms with van der Waals surface area (Å²) in [7, 11) is 0. The van der Waals surface area contributed by atoms with Gasteiger partial charge in [-0.25, -0.2) is 0 Å². The first-order chi connectivity index (χ1) is 10.7. The topological polar surface area (TPSA) is 62.5 Å². The van der Waals surface area contributed by atoms with E-state index in [4.69, 9.17) is 4.52 Å². The molecule has 0 spiro atoms. The monoisotopic (exact) mass is 300 g/mol. The summed E-state index contributed by atoms with van der Waals surface area (Å²) in [6.45, 7) is 5.76. The molecule has 6 heteroatoms. The third-order valence-corrected chi connectivity index (χ3v) is 3.86. The predicted octanol–water partition coefficient (Wildman–Crippen LogP) is 2.40. The third-order valence-electron chi connectivity index (χ3n) is 3.86. The van der Waals surface area contributed by atoms with E-state index < -0.39 is 0 Å². The van der Waals surface area contributed by atoms with Crippen LogP contribution in [-0.2, 0) is 17.8 Å². The lowest BCUT2D eigenvalue weighted by Crippen LogP contribution is -2.28. The number of nitrogens with zero attached hydrogens (tertiary/aromatic N) is 4. The average Bonchev–Trinajstić information content (AvgIpc) is 2.89. The Balaban J connectivity index is 1.90. The summed E-state index contributed by atoms with van der Waals surface area (Å²) in [5.74, 6) is 1.41. The molecule has 1 aromatic carbocycles. The standard InChI is InChI=1S/C16H20N4O2/c1-3-15-17-16(22-18-15)11-19-9-6-10-20(12(2)21)14-8-5-4-7-13(14)19/h4-5,7-8H,3,6,9-11H2,1-2H3. The van der Waals surface area contributed by atoms with E-state index in [1.165, 1.54) is 0 Å². The van der Waals surface area contributed by atoms with Gasteiger partial charge in [0.15, 0.2) is 5.82 Å². The average molecular weight is 300 g/mol. The van der Waals surface area contributed by atoms with Gasteiger partial charge in [0, 0.05) is 26.4 Å². The summed E-state index contributed by atoms with van der Waals surface area (Å²) in [6.07, 6.45) is 1.67. The fourth-order valence-electron chi connectivity index (χ4n) is 2.77. The van der Waals surface area contributed by atoms with E-state index >= 15 is 0 Å². The van der Waals surface area contributed by atoms with Crippen molar-refractivity contribution in [1.29, 1.82) is 0 Å². The van der Waals surface area contributed by atoms with Crippen LogP contribution in [0.3, 0.4) is 0 Å². The van der Waals surface area contributed by atoms with Crippen LogP contribution in [0.2, 0.25) is 0 Å². The molecule has 0 saturated carbocycles. The second kappa shape index (κ2) is 6.17. The quantitative estimate of drug-likeness (QED) is 0.871. The Kier molecular flexibility index (Phi) is 4.09. The number of benzene rings is 1. The van der Waals surface area contributed by atoms with Gasteiger partial charge in [-0.15, -0.1) is 0 Å². The Morgan fingerprint density at radius 2 is 2.05 bits per heavy atom. The molecule has 1 amide bonds. The number of carbonyl (C=O) groups is 1. The highest BCUT2D eigenvalue weighted by Gasteiger charge is 2.23. The van der Waals surface area contributed by atoms with E-state index in [0.29, 0.717) is 12.4 Å². The lowest BCUT2D eigenvalue weighted by atomic mass is 10.2. The fourth-order valence-corrected chi connectivity index (χ4v) is 2.77. The van der Waals surface area contributed by atoms with Crippen LogP contribution < -0.4 is 9.80 Å². The molecule has 6 nitrogen and oxygen atoms in total. The molecule has 1 aliphatic rings. The number of rotatable bonds is 3. The first-order valence-corrected chi connectivity index (χ1v) is 7.62. The van der Waals surface area contributed by atoms with Crippen molar-refractivity contribution in [3.05, 3.63) is 36.0 Å². The molecule has 0 bridgehead atoms. The Morgan fingerprint density at radius 3 is 2.73 bits per heavy atom. The maximum absolute atomic E-state index is 11.9. The summed E-state index contributed by atoms with van der Waals surface area (Å²) in [5, 5.41) is 3.95. The number of anilines is 2. The normalized spacial score (nSPS) is 14.6.